The minimum atomic E-state index is 0.223. The molecule has 4 aromatic rings. The SMILES string of the molecule is Clc1nc(NCc2ccccn2)c2ccc(-c3ccccc3)cc2n1. The third kappa shape index (κ3) is 3.44. The lowest BCUT2D eigenvalue weighted by Crippen LogP contribution is -2.04. The van der Waals surface area contributed by atoms with E-state index in [1.165, 1.54) is 0 Å². The number of halogens is 1. The molecule has 0 radical (unpaired) electrons. The van der Waals surface area contributed by atoms with Crippen molar-refractivity contribution in [1.29, 1.82) is 0 Å². The lowest BCUT2D eigenvalue weighted by atomic mass is 10.0. The first kappa shape index (κ1) is 15.5. The second kappa shape index (κ2) is 6.87. The van der Waals surface area contributed by atoms with Gasteiger partial charge >= 0.3 is 0 Å². The van der Waals surface area contributed by atoms with E-state index >= 15 is 0 Å². The second-order valence-corrected chi connectivity index (χ2v) is 5.95. The summed E-state index contributed by atoms with van der Waals surface area (Å²) in [6.45, 7) is 0.573. The average Bonchev–Trinajstić information content (AvgIpc) is 2.67. The molecule has 0 aliphatic heterocycles. The topological polar surface area (TPSA) is 50.7 Å². The number of hydrogen-bond donors (Lipinski definition) is 1. The Balaban J connectivity index is 1.70. The molecule has 0 aliphatic rings. The fourth-order valence-corrected chi connectivity index (χ4v) is 2.90. The molecule has 0 amide bonds. The third-order valence-electron chi connectivity index (χ3n) is 3.94. The van der Waals surface area contributed by atoms with Crippen molar-refractivity contribution in [3.05, 3.63) is 83.9 Å². The number of nitrogens with one attached hydrogen (secondary N) is 1. The minimum absolute atomic E-state index is 0.223. The van der Waals surface area contributed by atoms with Gasteiger partial charge in [0, 0.05) is 11.6 Å². The van der Waals surface area contributed by atoms with Gasteiger partial charge in [-0.15, -0.1) is 0 Å². The van der Waals surface area contributed by atoms with Crippen LogP contribution in [0.3, 0.4) is 0 Å². The van der Waals surface area contributed by atoms with E-state index in [4.69, 9.17) is 11.6 Å². The summed E-state index contributed by atoms with van der Waals surface area (Å²) >= 11 is 6.13. The molecule has 5 heteroatoms. The summed E-state index contributed by atoms with van der Waals surface area (Å²) in [4.78, 5) is 13.0. The van der Waals surface area contributed by atoms with Crippen LogP contribution >= 0.6 is 11.6 Å². The normalized spacial score (nSPS) is 10.8. The van der Waals surface area contributed by atoms with Gasteiger partial charge in [-0.3, -0.25) is 4.98 Å². The van der Waals surface area contributed by atoms with Crippen molar-refractivity contribution in [2.75, 3.05) is 5.32 Å². The standard InChI is InChI=1S/C20H15ClN4/c21-20-24-18-12-15(14-6-2-1-3-7-14)9-10-17(18)19(25-20)23-13-16-8-4-5-11-22-16/h1-12H,13H2,(H,23,24,25). The molecule has 0 saturated carbocycles. The number of nitrogens with zero attached hydrogens (tertiary/aromatic N) is 3. The van der Waals surface area contributed by atoms with Crippen LogP contribution in [0.5, 0.6) is 0 Å². The number of hydrogen-bond acceptors (Lipinski definition) is 4. The van der Waals surface area contributed by atoms with Crippen LogP contribution in [-0.2, 0) is 6.54 Å². The molecule has 2 heterocycles. The van der Waals surface area contributed by atoms with Gasteiger partial charge < -0.3 is 5.32 Å². The van der Waals surface area contributed by atoms with E-state index in [0.29, 0.717) is 12.4 Å². The first-order valence-electron chi connectivity index (χ1n) is 7.96. The van der Waals surface area contributed by atoms with Crippen molar-refractivity contribution >= 4 is 28.3 Å². The lowest BCUT2D eigenvalue weighted by molar-refractivity contribution is 1.03. The zero-order chi connectivity index (χ0) is 17.1. The van der Waals surface area contributed by atoms with Crippen molar-refractivity contribution in [3.8, 4) is 11.1 Å². The Morgan fingerprint density at radius 1 is 0.840 bits per heavy atom. The van der Waals surface area contributed by atoms with Crippen LogP contribution in [0.2, 0.25) is 5.28 Å². The Morgan fingerprint density at radius 2 is 1.68 bits per heavy atom. The highest BCUT2D eigenvalue weighted by Gasteiger charge is 2.08. The molecule has 0 unspecified atom stereocenters. The van der Waals surface area contributed by atoms with Gasteiger partial charge in [-0.05, 0) is 47.0 Å². The van der Waals surface area contributed by atoms with E-state index in [2.05, 4.69) is 38.5 Å². The molecule has 0 saturated heterocycles. The summed E-state index contributed by atoms with van der Waals surface area (Å²) < 4.78 is 0. The number of aromatic nitrogens is 3. The lowest BCUT2D eigenvalue weighted by Gasteiger charge is -2.10. The van der Waals surface area contributed by atoms with Crippen molar-refractivity contribution < 1.29 is 0 Å². The van der Waals surface area contributed by atoms with E-state index in [9.17, 15) is 0 Å². The average molecular weight is 347 g/mol. The Labute approximate surface area is 150 Å². The fraction of sp³-hybridized carbons (Fsp3) is 0.0500. The molecular formula is C20H15ClN4. The van der Waals surface area contributed by atoms with Crippen LogP contribution < -0.4 is 5.32 Å². The van der Waals surface area contributed by atoms with Gasteiger partial charge in [0.1, 0.15) is 5.82 Å². The first-order valence-corrected chi connectivity index (χ1v) is 8.34. The summed E-state index contributed by atoms with van der Waals surface area (Å²) in [6.07, 6.45) is 1.77. The highest BCUT2D eigenvalue weighted by atomic mass is 35.5. The zero-order valence-electron chi connectivity index (χ0n) is 13.4. The summed E-state index contributed by atoms with van der Waals surface area (Å²) in [5, 5.41) is 4.46. The van der Waals surface area contributed by atoms with Crippen molar-refractivity contribution in [2.24, 2.45) is 0 Å². The summed E-state index contributed by atoms with van der Waals surface area (Å²) in [5.41, 5.74) is 3.98. The van der Waals surface area contributed by atoms with Gasteiger partial charge in [0.15, 0.2) is 0 Å². The summed E-state index contributed by atoms with van der Waals surface area (Å²) in [7, 11) is 0. The van der Waals surface area contributed by atoms with Gasteiger partial charge in [0.25, 0.3) is 0 Å². The minimum Gasteiger partial charge on any atom is -0.364 e. The number of rotatable bonds is 4. The van der Waals surface area contributed by atoms with E-state index in [1.54, 1.807) is 6.20 Å². The predicted molar refractivity (Wildman–Crippen MR) is 102 cm³/mol. The highest BCUT2D eigenvalue weighted by molar-refractivity contribution is 6.28. The quantitative estimate of drug-likeness (QED) is 0.531. The maximum absolute atomic E-state index is 6.13. The van der Waals surface area contributed by atoms with E-state index in [-0.39, 0.29) is 5.28 Å². The molecule has 2 aromatic heterocycles. The van der Waals surface area contributed by atoms with Crippen molar-refractivity contribution in [3.63, 3.8) is 0 Å². The number of benzene rings is 2. The summed E-state index contributed by atoms with van der Waals surface area (Å²) in [5.74, 6) is 0.709. The predicted octanol–water partition coefficient (Wildman–Crippen LogP) is 4.96. The van der Waals surface area contributed by atoms with Crippen LogP contribution in [0.25, 0.3) is 22.0 Å². The van der Waals surface area contributed by atoms with Crippen LogP contribution in [0.1, 0.15) is 5.69 Å². The molecular weight excluding hydrogens is 332 g/mol. The monoisotopic (exact) mass is 346 g/mol. The number of pyridine rings is 1. The maximum Gasteiger partial charge on any atom is 0.224 e. The van der Waals surface area contributed by atoms with Crippen molar-refractivity contribution in [1.82, 2.24) is 15.0 Å². The fourth-order valence-electron chi connectivity index (χ4n) is 2.72. The smallest absolute Gasteiger partial charge is 0.224 e. The number of anilines is 1. The molecule has 4 rings (SSSR count). The van der Waals surface area contributed by atoms with Crippen molar-refractivity contribution in [2.45, 2.75) is 6.54 Å². The molecule has 0 atom stereocenters. The van der Waals surface area contributed by atoms with Crippen LogP contribution in [0.15, 0.2) is 72.9 Å². The first-order chi connectivity index (χ1) is 12.3. The van der Waals surface area contributed by atoms with Gasteiger partial charge in [-0.1, -0.05) is 42.5 Å². The van der Waals surface area contributed by atoms with Gasteiger partial charge in [0.2, 0.25) is 5.28 Å². The Kier molecular flexibility index (Phi) is 4.27. The molecule has 0 spiro atoms. The molecule has 4 nitrogen and oxygen atoms in total. The highest BCUT2D eigenvalue weighted by Crippen LogP contribution is 2.28. The van der Waals surface area contributed by atoms with E-state index in [1.807, 2.05) is 48.5 Å². The Bertz CT molecular complexity index is 1000. The molecule has 122 valence electrons. The molecule has 25 heavy (non-hydrogen) atoms. The molecule has 0 fully saturated rings. The Morgan fingerprint density at radius 3 is 2.48 bits per heavy atom. The zero-order valence-corrected chi connectivity index (χ0v) is 14.1. The van der Waals surface area contributed by atoms with Crippen LogP contribution in [0, 0.1) is 0 Å². The summed E-state index contributed by atoms with van der Waals surface area (Å²) in [6, 6.07) is 22.1. The second-order valence-electron chi connectivity index (χ2n) is 5.61. The molecule has 0 bridgehead atoms. The molecule has 0 aliphatic carbocycles. The maximum atomic E-state index is 6.13. The van der Waals surface area contributed by atoms with Crippen LogP contribution in [0.4, 0.5) is 5.82 Å². The third-order valence-corrected chi connectivity index (χ3v) is 4.11. The largest absolute Gasteiger partial charge is 0.364 e. The van der Waals surface area contributed by atoms with Gasteiger partial charge in [0.05, 0.1) is 17.8 Å². The van der Waals surface area contributed by atoms with E-state index in [0.717, 1.165) is 27.7 Å². The van der Waals surface area contributed by atoms with Gasteiger partial charge in [-0.25, -0.2) is 9.97 Å². The molecule has 1 N–H and O–H groups in total. The van der Waals surface area contributed by atoms with Gasteiger partial charge in [-0.2, -0.15) is 0 Å². The number of fused-ring (bicyclic) bond motifs is 1. The Hall–Kier alpha value is -2.98. The van der Waals surface area contributed by atoms with Crippen LogP contribution in [-0.4, -0.2) is 15.0 Å². The van der Waals surface area contributed by atoms with E-state index < -0.39 is 0 Å². The molecule has 2 aromatic carbocycles.